The van der Waals surface area contributed by atoms with Crippen molar-refractivity contribution in [3.8, 4) is 33.0 Å². The van der Waals surface area contributed by atoms with E-state index in [2.05, 4.69) is 79.5 Å². The van der Waals surface area contributed by atoms with E-state index >= 15 is 0 Å². The Hall–Kier alpha value is -3.84. The Kier molecular flexibility index (Phi) is 3.75. The topological polar surface area (TPSA) is 83.1 Å². The van der Waals surface area contributed by atoms with Crippen molar-refractivity contribution in [2.75, 3.05) is 0 Å². The quantitative estimate of drug-likeness (QED) is 0.399. The van der Waals surface area contributed by atoms with E-state index < -0.39 is 0 Å². The van der Waals surface area contributed by atoms with E-state index in [9.17, 15) is 0 Å². The maximum Gasteiger partial charge on any atom is 0.181 e. The van der Waals surface area contributed by atoms with Crippen molar-refractivity contribution >= 4 is 33.3 Å². The molecular weight excluding hydrogens is 392 g/mol. The molecule has 0 aliphatic heterocycles. The number of hydrogen-bond acceptors (Lipinski definition) is 5. The van der Waals surface area contributed by atoms with Gasteiger partial charge < -0.3 is 4.98 Å². The molecule has 0 amide bonds. The molecule has 0 spiro atoms. The molecule has 0 aliphatic rings. The molecule has 0 bridgehead atoms. The first-order valence-electron chi connectivity index (χ1n) is 9.55. The number of pyridine rings is 1. The predicted molar refractivity (Wildman–Crippen MR) is 120 cm³/mol. The highest BCUT2D eigenvalue weighted by atomic mass is 32.1. The fraction of sp³-hybridized carbons (Fsp3) is 0.0435. The molecule has 2 N–H and O–H groups in total. The van der Waals surface area contributed by atoms with Gasteiger partial charge in [-0.2, -0.15) is 5.10 Å². The largest absolute Gasteiger partial charge is 0.353 e. The van der Waals surface area contributed by atoms with Crippen LogP contribution in [0.2, 0.25) is 0 Å². The molecule has 0 saturated heterocycles. The molecule has 5 aromatic heterocycles. The lowest BCUT2D eigenvalue weighted by Gasteiger charge is -2.00. The molecule has 144 valence electrons. The summed E-state index contributed by atoms with van der Waals surface area (Å²) in [6.45, 7) is 2.13. The highest BCUT2D eigenvalue weighted by molar-refractivity contribution is 7.15. The van der Waals surface area contributed by atoms with Gasteiger partial charge in [0.15, 0.2) is 5.65 Å². The van der Waals surface area contributed by atoms with Crippen LogP contribution in [0.25, 0.3) is 54.9 Å². The molecule has 0 atom stereocenters. The number of aromatic amines is 2. The number of H-pyrrole nitrogens is 2. The second-order valence-electron chi connectivity index (χ2n) is 7.18. The lowest BCUT2D eigenvalue weighted by Crippen LogP contribution is -1.85. The first kappa shape index (κ1) is 17.1. The van der Waals surface area contributed by atoms with Crippen LogP contribution in [0.1, 0.15) is 4.88 Å². The van der Waals surface area contributed by atoms with E-state index in [0.29, 0.717) is 5.65 Å². The summed E-state index contributed by atoms with van der Waals surface area (Å²) in [5, 5.41) is 9.71. The van der Waals surface area contributed by atoms with Gasteiger partial charge in [0.2, 0.25) is 0 Å². The van der Waals surface area contributed by atoms with Crippen molar-refractivity contribution < 1.29 is 0 Å². The molecule has 7 heteroatoms. The molecule has 1 aromatic carbocycles. The molecule has 6 aromatic rings. The van der Waals surface area contributed by atoms with Crippen molar-refractivity contribution in [1.82, 2.24) is 30.1 Å². The van der Waals surface area contributed by atoms with Crippen molar-refractivity contribution in [2.45, 2.75) is 6.92 Å². The number of nitrogens with zero attached hydrogens (tertiary/aromatic N) is 4. The summed E-state index contributed by atoms with van der Waals surface area (Å²) in [4.78, 5) is 18.9. The van der Waals surface area contributed by atoms with Crippen LogP contribution >= 0.6 is 11.3 Å². The first-order chi connectivity index (χ1) is 14.8. The van der Waals surface area contributed by atoms with Gasteiger partial charge >= 0.3 is 0 Å². The number of aromatic nitrogens is 6. The minimum absolute atomic E-state index is 0.679. The highest BCUT2D eigenvalue weighted by Crippen LogP contribution is 2.36. The third-order valence-electron chi connectivity index (χ3n) is 5.24. The molecule has 6 rings (SSSR count). The van der Waals surface area contributed by atoms with Crippen LogP contribution in [-0.2, 0) is 0 Å². The normalized spacial score (nSPS) is 11.5. The van der Waals surface area contributed by atoms with Crippen LogP contribution < -0.4 is 0 Å². The summed E-state index contributed by atoms with van der Waals surface area (Å²) in [6, 6.07) is 15.0. The Morgan fingerprint density at radius 2 is 1.80 bits per heavy atom. The van der Waals surface area contributed by atoms with Gasteiger partial charge in [-0.05, 0) is 37.3 Å². The van der Waals surface area contributed by atoms with Crippen molar-refractivity contribution in [3.63, 3.8) is 0 Å². The number of thiophene rings is 1. The Labute approximate surface area is 175 Å². The molecule has 0 aliphatic carbocycles. The summed E-state index contributed by atoms with van der Waals surface area (Å²) in [6.07, 6.45) is 6.89. The molecule has 5 heterocycles. The van der Waals surface area contributed by atoms with Gasteiger partial charge in [-0.1, -0.05) is 12.1 Å². The summed E-state index contributed by atoms with van der Waals surface area (Å²) >= 11 is 1.81. The molecule has 0 fully saturated rings. The van der Waals surface area contributed by atoms with E-state index in [4.69, 9.17) is 0 Å². The summed E-state index contributed by atoms with van der Waals surface area (Å²) < 4.78 is 0. The van der Waals surface area contributed by atoms with E-state index in [0.717, 1.165) is 33.4 Å². The van der Waals surface area contributed by atoms with Gasteiger partial charge in [0.1, 0.15) is 6.33 Å². The van der Waals surface area contributed by atoms with Crippen LogP contribution in [0.15, 0.2) is 67.4 Å². The van der Waals surface area contributed by atoms with Crippen LogP contribution in [0.5, 0.6) is 0 Å². The van der Waals surface area contributed by atoms with Crippen molar-refractivity contribution in [3.05, 3.63) is 72.3 Å². The maximum atomic E-state index is 4.52. The zero-order valence-electron chi connectivity index (χ0n) is 16.0. The van der Waals surface area contributed by atoms with E-state index in [-0.39, 0.29) is 0 Å². The van der Waals surface area contributed by atoms with Gasteiger partial charge in [0.05, 0.1) is 11.4 Å². The average molecular weight is 408 g/mol. The van der Waals surface area contributed by atoms with Crippen LogP contribution in [0.3, 0.4) is 0 Å². The third kappa shape index (κ3) is 2.71. The number of hydrogen-bond donors (Lipinski definition) is 2. The maximum absolute atomic E-state index is 4.52. The van der Waals surface area contributed by atoms with Crippen molar-refractivity contribution in [1.29, 1.82) is 0 Å². The van der Waals surface area contributed by atoms with Crippen LogP contribution in [0.4, 0.5) is 0 Å². The highest BCUT2D eigenvalue weighted by Gasteiger charge is 2.15. The Morgan fingerprint density at radius 1 is 0.900 bits per heavy atom. The molecule has 30 heavy (non-hydrogen) atoms. The number of aryl methyl sites for hydroxylation is 1. The SMILES string of the molecule is Cc1ccc(-c2cccc3[nH]c(-c4[nH]nc5ncc(-c6cncnc6)cc45)cc23)s1. The van der Waals surface area contributed by atoms with Gasteiger partial charge in [0.25, 0.3) is 0 Å². The van der Waals surface area contributed by atoms with Crippen molar-refractivity contribution in [2.24, 2.45) is 0 Å². The van der Waals surface area contributed by atoms with Gasteiger partial charge in [-0.15, -0.1) is 11.3 Å². The third-order valence-corrected chi connectivity index (χ3v) is 6.28. The average Bonchev–Trinajstić information content (AvgIpc) is 3.51. The van der Waals surface area contributed by atoms with E-state index in [1.807, 2.05) is 11.3 Å². The number of fused-ring (bicyclic) bond motifs is 2. The number of rotatable bonds is 3. The van der Waals surface area contributed by atoms with Gasteiger partial charge in [-0.25, -0.2) is 15.0 Å². The van der Waals surface area contributed by atoms with E-state index in [1.165, 1.54) is 27.0 Å². The number of benzene rings is 1. The minimum atomic E-state index is 0.679. The Bertz CT molecular complexity index is 1510. The Morgan fingerprint density at radius 3 is 2.63 bits per heavy atom. The monoisotopic (exact) mass is 408 g/mol. The smallest absolute Gasteiger partial charge is 0.181 e. The lowest BCUT2D eigenvalue weighted by molar-refractivity contribution is 1.10. The molecule has 0 unspecified atom stereocenters. The molecule has 6 nitrogen and oxygen atoms in total. The standard InChI is InChI=1S/C23H16N6S/c1-13-5-6-21(30-13)16-3-2-4-19-17(16)8-20(27-19)22-18-7-14(11-26-23(18)29-28-22)15-9-24-12-25-10-15/h2-12,27H,1H3,(H,26,28,29). The van der Waals surface area contributed by atoms with Gasteiger partial charge in [0, 0.05) is 61.3 Å². The minimum Gasteiger partial charge on any atom is -0.353 e. The fourth-order valence-corrected chi connectivity index (χ4v) is 4.70. The summed E-state index contributed by atoms with van der Waals surface area (Å²) in [7, 11) is 0. The fourth-order valence-electron chi connectivity index (χ4n) is 3.80. The Balaban J connectivity index is 1.52. The lowest BCUT2D eigenvalue weighted by atomic mass is 10.1. The zero-order chi connectivity index (χ0) is 20.1. The zero-order valence-corrected chi connectivity index (χ0v) is 16.9. The molecule has 0 radical (unpaired) electrons. The second-order valence-corrected chi connectivity index (χ2v) is 8.47. The van der Waals surface area contributed by atoms with E-state index in [1.54, 1.807) is 18.6 Å². The van der Waals surface area contributed by atoms with Crippen LogP contribution in [0, 0.1) is 6.92 Å². The number of nitrogens with one attached hydrogen (secondary N) is 2. The van der Waals surface area contributed by atoms with Gasteiger partial charge in [-0.3, -0.25) is 5.10 Å². The molecular formula is C23H16N6S. The first-order valence-corrected chi connectivity index (χ1v) is 10.4. The summed E-state index contributed by atoms with van der Waals surface area (Å²) in [5.74, 6) is 0. The predicted octanol–water partition coefficient (Wildman–Crippen LogP) is 5.60. The summed E-state index contributed by atoms with van der Waals surface area (Å²) in [5.41, 5.74) is 6.78. The van der Waals surface area contributed by atoms with Crippen LogP contribution in [-0.4, -0.2) is 30.1 Å². The molecule has 0 saturated carbocycles. The second kappa shape index (κ2) is 6.60.